The number of aliphatic imine (C=N–C) groups is 1. The molecule has 2 aromatic carbocycles. The molecule has 0 fully saturated rings. The standard InChI is InChI=1S/C23H32N4O3/c1-16(2)30-21-13-17(3)9-10-19(21)15-27-23(24-4)26-12-11-25-22(28)18-7-6-8-20(14-18)29-5/h6-10,13-14,16H,11-12,15H2,1-5H3,(H,25,28)(H2,24,26,27). The molecular formula is C23H32N4O3. The van der Waals surface area contributed by atoms with Gasteiger partial charge in [0.25, 0.3) is 5.91 Å². The summed E-state index contributed by atoms with van der Waals surface area (Å²) in [7, 11) is 3.29. The molecule has 0 unspecified atom stereocenters. The molecule has 0 spiro atoms. The third kappa shape index (κ3) is 7.31. The van der Waals surface area contributed by atoms with E-state index in [9.17, 15) is 4.79 Å². The smallest absolute Gasteiger partial charge is 0.251 e. The summed E-state index contributed by atoms with van der Waals surface area (Å²) in [5.74, 6) is 2.04. The van der Waals surface area contributed by atoms with Gasteiger partial charge in [0.05, 0.1) is 13.2 Å². The first-order valence-electron chi connectivity index (χ1n) is 10.1. The highest BCUT2D eigenvalue weighted by molar-refractivity contribution is 5.94. The molecule has 162 valence electrons. The van der Waals surface area contributed by atoms with Gasteiger partial charge in [-0.25, -0.2) is 0 Å². The summed E-state index contributed by atoms with van der Waals surface area (Å²) in [6, 6.07) is 13.2. The van der Waals surface area contributed by atoms with Crippen LogP contribution in [0.15, 0.2) is 47.5 Å². The zero-order valence-corrected chi connectivity index (χ0v) is 18.4. The van der Waals surface area contributed by atoms with Crippen LogP contribution in [-0.2, 0) is 6.54 Å². The van der Waals surface area contributed by atoms with Crippen LogP contribution >= 0.6 is 0 Å². The number of nitrogens with one attached hydrogen (secondary N) is 3. The van der Waals surface area contributed by atoms with Crippen LogP contribution in [0.25, 0.3) is 0 Å². The predicted molar refractivity (Wildman–Crippen MR) is 120 cm³/mol. The second kappa shape index (κ2) is 11.7. The summed E-state index contributed by atoms with van der Waals surface area (Å²) in [5.41, 5.74) is 2.78. The monoisotopic (exact) mass is 412 g/mol. The van der Waals surface area contributed by atoms with E-state index in [-0.39, 0.29) is 12.0 Å². The van der Waals surface area contributed by atoms with E-state index in [1.165, 1.54) is 0 Å². The maximum Gasteiger partial charge on any atom is 0.251 e. The minimum Gasteiger partial charge on any atom is -0.497 e. The van der Waals surface area contributed by atoms with Crippen molar-refractivity contribution >= 4 is 11.9 Å². The lowest BCUT2D eigenvalue weighted by molar-refractivity contribution is 0.0954. The molecule has 2 rings (SSSR count). The van der Waals surface area contributed by atoms with Gasteiger partial charge in [0, 0.05) is 37.8 Å². The van der Waals surface area contributed by atoms with Crippen molar-refractivity contribution in [3.8, 4) is 11.5 Å². The Hall–Kier alpha value is -3.22. The minimum absolute atomic E-state index is 0.108. The van der Waals surface area contributed by atoms with Crippen LogP contribution in [0, 0.1) is 6.92 Å². The van der Waals surface area contributed by atoms with E-state index in [2.05, 4.69) is 33.1 Å². The van der Waals surface area contributed by atoms with Gasteiger partial charge in [0.15, 0.2) is 5.96 Å². The summed E-state index contributed by atoms with van der Waals surface area (Å²) in [4.78, 5) is 16.5. The first-order valence-corrected chi connectivity index (χ1v) is 10.1. The first-order chi connectivity index (χ1) is 14.4. The van der Waals surface area contributed by atoms with Gasteiger partial charge in [-0.1, -0.05) is 18.2 Å². The molecule has 0 heterocycles. The van der Waals surface area contributed by atoms with Gasteiger partial charge in [-0.05, 0) is 50.6 Å². The molecule has 0 aliphatic heterocycles. The second-order valence-electron chi connectivity index (χ2n) is 7.12. The zero-order chi connectivity index (χ0) is 21.9. The fraction of sp³-hybridized carbons (Fsp3) is 0.391. The lowest BCUT2D eigenvalue weighted by Crippen LogP contribution is -2.41. The number of rotatable bonds is 9. The molecule has 0 saturated carbocycles. The number of nitrogens with zero attached hydrogens (tertiary/aromatic N) is 1. The molecule has 1 amide bonds. The average Bonchev–Trinajstić information content (AvgIpc) is 2.73. The third-order valence-electron chi connectivity index (χ3n) is 4.29. The Bertz CT molecular complexity index is 865. The average molecular weight is 413 g/mol. The molecule has 2 aromatic rings. The van der Waals surface area contributed by atoms with Crippen LogP contribution < -0.4 is 25.4 Å². The maximum atomic E-state index is 12.2. The largest absolute Gasteiger partial charge is 0.497 e. The molecule has 0 saturated heterocycles. The van der Waals surface area contributed by atoms with Gasteiger partial charge >= 0.3 is 0 Å². The van der Waals surface area contributed by atoms with E-state index in [4.69, 9.17) is 9.47 Å². The van der Waals surface area contributed by atoms with Crippen LogP contribution in [0.5, 0.6) is 11.5 Å². The summed E-state index contributed by atoms with van der Waals surface area (Å²) in [5, 5.41) is 9.36. The number of hydrogen-bond acceptors (Lipinski definition) is 4. The van der Waals surface area contributed by atoms with Crippen molar-refractivity contribution in [2.24, 2.45) is 4.99 Å². The molecule has 0 atom stereocenters. The molecule has 0 aliphatic rings. The van der Waals surface area contributed by atoms with Crippen molar-refractivity contribution in [3.05, 3.63) is 59.2 Å². The predicted octanol–water partition coefficient (Wildman–Crippen LogP) is 2.89. The van der Waals surface area contributed by atoms with Crippen molar-refractivity contribution in [2.45, 2.75) is 33.4 Å². The SMILES string of the molecule is CN=C(NCCNC(=O)c1cccc(OC)c1)NCc1ccc(C)cc1OC(C)C. The van der Waals surface area contributed by atoms with Crippen LogP contribution in [0.4, 0.5) is 0 Å². The molecule has 0 aromatic heterocycles. The van der Waals surface area contributed by atoms with Crippen LogP contribution in [0.1, 0.15) is 35.3 Å². The van der Waals surface area contributed by atoms with E-state index < -0.39 is 0 Å². The Morgan fingerprint density at radius 3 is 2.53 bits per heavy atom. The minimum atomic E-state index is -0.145. The number of ether oxygens (including phenoxy) is 2. The number of amides is 1. The number of guanidine groups is 1. The summed E-state index contributed by atoms with van der Waals surface area (Å²) >= 11 is 0. The van der Waals surface area contributed by atoms with Gasteiger partial charge in [0.2, 0.25) is 0 Å². The van der Waals surface area contributed by atoms with Crippen molar-refractivity contribution in [3.63, 3.8) is 0 Å². The van der Waals surface area contributed by atoms with Gasteiger partial charge in [-0.15, -0.1) is 0 Å². The molecule has 7 heteroatoms. The van der Waals surface area contributed by atoms with Gasteiger partial charge in [-0.2, -0.15) is 0 Å². The summed E-state index contributed by atoms with van der Waals surface area (Å²) < 4.78 is 11.1. The Kier molecular flexibility index (Phi) is 9.00. The second-order valence-corrected chi connectivity index (χ2v) is 7.12. The Morgan fingerprint density at radius 2 is 1.83 bits per heavy atom. The fourth-order valence-electron chi connectivity index (χ4n) is 2.79. The number of carbonyl (C=O) groups excluding carboxylic acids is 1. The molecular weight excluding hydrogens is 380 g/mol. The molecule has 30 heavy (non-hydrogen) atoms. The fourth-order valence-corrected chi connectivity index (χ4v) is 2.79. The van der Waals surface area contributed by atoms with Crippen molar-refractivity contribution in [2.75, 3.05) is 27.2 Å². The third-order valence-corrected chi connectivity index (χ3v) is 4.29. The summed E-state index contributed by atoms with van der Waals surface area (Å²) in [6.45, 7) is 7.66. The highest BCUT2D eigenvalue weighted by Crippen LogP contribution is 2.21. The van der Waals surface area contributed by atoms with Crippen molar-refractivity contribution in [1.29, 1.82) is 0 Å². The quantitative estimate of drug-likeness (QED) is 0.335. The molecule has 0 radical (unpaired) electrons. The van der Waals surface area contributed by atoms with E-state index in [1.54, 1.807) is 38.4 Å². The molecule has 3 N–H and O–H groups in total. The molecule has 7 nitrogen and oxygen atoms in total. The maximum absolute atomic E-state index is 12.2. The van der Waals surface area contributed by atoms with E-state index in [0.717, 1.165) is 16.9 Å². The van der Waals surface area contributed by atoms with E-state index in [1.807, 2.05) is 26.8 Å². The highest BCUT2D eigenvalue weighted by Gasteiger charge is 2.08. The highest BCUT2D eigenvalue weighted by atomic mass is 16.5. The van der Waals surface area contributed by atoms with Gasteiger partial charge in [0.1, 0.15) is 11.5 Å². The Labute approximate surface area is 178 Å². The van der Waals surface area contributed by atoms with Gasteiger partial charge < -0.3 is 25.4 Å². The normalized spacial score (nSPS) is 11.2. The number of benzene rings is 2. The summed E-state index contributed by atoms with van der Waals surface area (Å²) in [6.07, 6.45) is 0.108. The van der Waals surface area contributed by atoms with Gasteiger partial charge in [-0.3, -0.25) is 9.79 Å². The number of hydrogen-bond donors (Lipinski definition) is 3. The Balaban J connectivity index is 1.81. The molecule has 0 bridgehead atoms. The van der Waals surface area contributed by atoms with Crippen LogP contribution in [0.2, 0.25) is 0 Å². The lowest BCUT2D eigenvalue weighted by atomic mass is 10.1. The van der Waals surface area contributed by atoms with Crippen molar-refractivity contribution in [1.82, 2.24) is 16.0 Å². The number of methoxy groups -OCH3 is 1. The van der Waals surface area contributed by atoms with Crippen LogP contribution in [-0.4, -0.2) is 45.2 Å². The van der Waals surface area contributed by atoms with Crippen molar-refractivity contribution < 1.29 is 14.3 Å². The number of carbonyl (C=O) groups is 1. The zero-order valence-electron chi connectivity index (χ0n) is 18.4. The molecule has 0 aliphatic carbocycles. The lowest BCUT2D eigenvalue weighted by Gasteiger charge is -2.17. The van der Waals surface area contributed by atoms with E-state index in [0.29, 0.717) is 36.9 Å². The topological polar surface area (TPSA) is 84.0 Å². The first kappa shape index (κ1) is 23.1. The van der Waals surface area contributed by atoms with Crippen LogP contribution in [0.3, 0.4) is 0 Å². The van der Waals surface area contributed by atoms with E-state index >= 15 is 0 Å². The Morgan fingerprint density at radius 1 is 1.07 bits per heavy atom. The number of aryl methyl sites for hydroxylation is 1.